The van der Waals surface area contributed by atoms with Crippen LogP contribution in [0.3, 0.4) is 0 Å². The van der Waals surface area contributed by atoms with E-state index in [2.05, 4.69) is 25.6 Å². The molecule has 2 heteroatoms. The summed E-state index contributed by atoms with van der Waals surface area (Å²) in [5.41, 5.74) is 0.926. The zero-order valence-electron chi connectivity index (χ0n) is 10.3. The van der Waals surface area contributed by atoms with E-state index in [9.17, 15) is 4.79 Å². The fraction of sp³-hybridized carbons (Fsp3) is 0.267. The van der Waals surface area contributed by atoms with Crippen molar-refractivity contribution < 1.29 is 9.53 Å². The standard InChI is InChI=1S/C15H18O2/c1-4-15(3,11-8-12-17-13(2)16)14-9-6-5-7-10-14/h4-11H,1,12H2,2-3H3/b11-8+. The number of allylic oxidation sites excluding steroid dienone is 2. The van der Waals surface area contributed by atoms with Crippen molar-refractivity contribution in [3.05, 3.63) is 60.7 Å². The first-order valence-electron chi connectivity index (χ1n) is 5.58. The molecule has 0 N–H and O–H groups in total. The fourth-order valence-electron chi connectivity index (χ4n) is 1.54. The fourth-order valence-corrected chi connectivity index (χ4v) is 1.54. The summed E-state index contributed by atoms with van der Waals surface area (Å²) in [7, 11) is 0. The minimum atomic E-state index is -0.269. The molecule has 17 heavy (non-hydrogen) atoms. The Morgan fingerprint density at radius 2 is 2.06 bits per heavy atom. The maximum absolute atomic E-state index is 10.6. The number of rotatable bonds is 5. The molecule has 0 bridgehead atoms. The number of hydrogen-bond donors (Lipinski definition) is 0. The molecule has 0 amide bonds. The maximum Gasteiger partial charge on any atom is 0.302 e. The monoisotopic (exact) mass is 230 g/mol. The average Bonchev–Trinajstić information content (AvgIpc) is 2.35. The minimum absolute atomic E-state index is 0.235. The molecule has 0 aliphatic heterocycles. The third-order valence-electron chi connectivity index (χ3n) is 2.67. The summed E-state index contributed by atoms with van der Waals surface area (Å²) in [5, 5.41) is 0. The highest BCUT2D eigenvalue weighted by molar-refractivity contribution is 5.66. The molecule has 0 heterocycles. The molecule has 0 aliphatic carbocycles. The highest BCUT2D eigenvalue weighted by atomic mass is 16.5. The largest absolute Gasteiger partial charge is 0.462 e. The van der Waals surface area contributed by atoms with E-state index < -0.39 is 0 Å². The second kappa shape index (κ2) is 6.04. The van der Waals surface area contributed by atoms with Crippen molar-refractivity contribution in [2.75, 3.05) is 6.61 Å². The van der Waals surface area contributed by atoms with Gasteiger partial charge in [-0.15, -0.1) is 6.58 Å². The Balaban J connectivity index is 2.76. The molecule has 0 saturated heterocycles. The molecule has 2 nitrogen and oxygen atoms in total. The van der Waals surface area contributed by atoms with Crippen LogP contribution in [0.5, 0.6) is 0 Å². The summed E-state index contributed by atoms with van der Waals surface area (Å²) in [6, 6.07) is 10.1. The quantitative estimate of drug-likeness (QED) is 0.573. The first-order chi connectivity index (χ1) is 8.08. The molecule has 0 aromatic heterocycles. The number of benzene rings is 1. The Morgan fingerprint density at radius 1 is 1.41 bits per heavy atom. The molecular weight excluding hydrogens is 212 g/mol. The molecule has 0 fully saturated rings. The number of esters is 1. The topological polar surface area (TPSA) is 26.3 Å². The summed E-state index contributed by atoms with van der Waals surface area (Å²) >= 11 is 0. The van der Waals surface area contributed by atoms with Gasteiger partial charge in [0.15, 0.2) is 0 Å². The lowest BCUT2D eigenvalue weighted by Crippen LogP contribution is -2.15. The van der Waals surface area contributed by atoms with E-state index in [1.54, 1.807) is 0 Å². The number of carbonyl (C=O) groups is 1. The van der Waals surface area contributed by atoms with Gasteiger partial charge in [0, 0.05) is 12.3 Å². The predicted molar refractivity (Wildman–Crippen MR) is 69.8 cm³/mol. The Bertz CT molecular complexity index is 406. The van der Waals surface area contributed by atoms with E-state index in [-0.39, 0.29) is 11.4 Å². The first-order valence-corrected chi connectivity index (χ1v) is 5.58. The van der Waals surface area contributed by atoms with Crippen LogP contribution in [0.4, 0.5) is 0 Å². The Morgan fingerprint density at radius 3 is 2.59 bits per heavy atom. The van der Waals surface area contributed by atoms with E-state index in [4.69, 9.17) is 4.74 Å². The second-order valence-electron chi connectivity index (χ2n) is 4.06. The molecule has 0 spiro atoms. The summed E-state index contributed by atoms with van der Waals surface area (Å²) in [4.78, 5) is 10.6. The predicted octanol–water partition coefficient (Wildman–Crippen LogP) is 3.25. The highest BCUT2D eigenvalue weighted by Crippen LogP contribution is 2.26. The normalized spacial score (nSPS) is 14.2. The Labute approximate surface area is 103 Å². The van der Waals surface area contributed by atoms with Crippen LogP contribution in [-0.2, 0) is 14.9 Å². The van der Waals surface area contributed by atoms with E-state index in [1.165, 1.54) is 6.92 Å². The van der Waals surface area contributed by atoms with Gasteiger partial charge in [0.2, 0.25) is 0 Å². The number of ether oxygens (including phenoxy) is 1. The molecule has 1 unspecified atom stereocenters. The highest BCUT2D eigenvalue weighted by Gasteiger charge is 2.18. The van der Waals surface area contributed by atoms with Crippen LogP contribution in [0.1, 0.15) is 19.4 Å². The molecule has 0 aliphatic rings. The summed E-state index contributed by atoms with van der Waals surface area (Å²) in [6.45, 7) is 7.63. The minimum Gasteiger partial charge on any atom is -0.462 e. The first kappa shape index (κ1) is 13.2. The second-order valence-corrected chi connectivity index (χ2v) is 4.06. The molecular formula is C15H18O2. The van der Waals surface area contributed by atoms with Crippen LogP contribution < -0.4 is 0 Å². The van der Waals surface area contributed by atoms with Gasteiger partial charge in [0.05, 0.1) is 0 Å². The molecule has 90 valence electrons. The number of carbonyl (C=O) groups excluding carboxylic acids is 1. The van der Waals surface area contributed by atoms with Crippen molar-refractivity contribution >= 4 is 5.97 Å². The van der Waals surface area contributed by atoms with Gasteiger partial charge in [-0.1, -0.05) is 48.6 Å². The lowest BCUT2D eigenvalue weighted by molar-refractivity contribution is -0.139. The van der Waals surface area contributed by atoms with Gasteiger partial charge >= 0.3 is 5.97 Å². The van der Waals surface area contributed by atoms with Crippen LogP contribution in [0.2, 0.25) is 0 Å². The molecule has 1 aromatic rings. The van der Waals surface area contributed by atoms with Crippen molar-refractivity contribution in [2.24, 2.45) is 0 Å². The van der Waals surface area contributed by atoms with Crippen molar-refractivity contribution in [3.63, 3.8) is 0 Å². The lowest BCUT2D eigenvalue weighted by atomic mass is 9.82. The molecule has 1 atom stereocenters. The summed E-state index contributed by atoms with van der Waals surface area (Å²) in [6.07, 6.45) is 5.72. The molecule has 1 rings (SSSR count). The van der Waals surface area contributed by atoms with Crippen LogP contribution >= 0.6 is 0 Å². The summed E-state index contributed by atoms with van der Waals surface area (Å²) in [5.74, 6) is -0.269. The van der Waals surface area contributed by atoms with E-state index >= 15 is 0 Å². The third-order valence-corrected chi connectivity index (χ3v) is 2.67. The maximum atomic E-state index is 10.6. The van der Waals surface area contributed by atoms with Gasteiger partial charge in [-0.2, -0.15) is 0 Å². The van der Waals surface area contributed by atoms with Crippen LogP contribution in [0.15, 0.2) is 55.1 Å². The van der Waals surface area contributed by atoms with Gasteiger partial charge in [0.1, 0.15) is 6.61 Å². The van der Waals surface area contributed by atoms with E-state index in [1.807, 2.05) is 36.4 Å². The zero-order valence-corrected chi connectivity index (χ0v) is 10.3. The van der Waals surface area contributed by atoms with E-state index in [0.717, 1.165) is 5.56 Å². The van der Waals surface area contributed by atoms with Crippen LogP contribution in [-0.4, -0.2) is 12.6 Å². The smallest absolute Gasteiger partial charge is 0.302 e. The lowest BCUT2D eigenvalue weighted by Gasteiger charge is -2.22. The van der Waals surface area contributed by atoms with Gasteiger partial charge in [-0.05, 0) is 12.5 Å². The Kier molecular flexibility index (Phi) is 4.70. The average molecular weight is 230 g/mol. The van der Waals surface area contributed by atoms with Crippen LogP contribution in [0, 0.1) is 0 Å². The van der Waals surface area contributed by atoms with Crippen molar-refractivity contribution in [1.29, 1.82) is 0 Å². The zero-order chi connectivity index (χ0) is 12.7. The van der Waals surface area contributed by atoms with Crippen molar-refractivity contribution in [1.82, 2.24) is 0 Å². The van der Waals surface area contributed by atoms with Crippen molar-refractivity contribution in [2.45, 2.75) is 19.3 Å². The third kappa shape index (κ3) is 3.91. The number of hydrogen-bond acceptors (Lipinski definition) is 2. The van der Waals surface area contributed by atoms with Gasteiger partial charge in [0.25, 0.3) is 0 Å². The van der Waals surface area contributed by atoms with Crippen LogP contribution in [0.25, 0.3) is 0 Å². The SMILES string of the molecule is C=CC(C)(/C=C/COC(C)=O)c1ccccc1. The Hall–Kier alpha value is -1.83. The van der Waals surface area contributed by atoms with Gasteiger partial charge in [-0.3, -0.25) is 4.79 Å². The molecule has 0 saturated carbocycles. The summed E-state index contributed by atoms with van der Waals surface area (Å²) < 4.78 is 4.86. The van der Waals surface area contributed by atoms with Gasteiger partial charge in [-0.25, -0.2) is 0 Å². The van der Waals surface area contributed by atoms with Gasteiger partial charge < -0.3 is 4.74 Å². The molecule has 0 radical (unpaired) electrons. The molecule has 1 aromatic carbocycles. The van der Waals surface area contributed by atoms with Crippen molar-refractivity contribution in [3.8, 4) is 0 Å². The van der Waals surface area contributed by atoms with E-state index in [0.29, 0.717) is 6.61 Å².